The van der Waals surface area contributed by atoms with Crippen molar-refractivity contribution in [1.29, 1.82) is 0 Å². The molecule has 0 bridgehead atoms. The largest absolute Gasteiger partial charge is 0 e. The van der Waals surface area contributed by atoms with Crippen LogP contribution in [0.5, 0.6) is 0 Å². The Bertz CT molecular complexity index is 80.1. The molecule has 44 valence electrons. The van der Waals surface area contributed by atoms with Crippen molar-refractivity contribution in [3.8, 4) is 0 Å². The van der Waals surface area contributed by atoms with E-state index < -0.39 is 7.82 Å². The van der Waals surface area contributed by atoms with E-state index in [1.54, 1.807) is 0 Å². The van der Waals surface area contributed by atoms with Crippen LogP contribution in [0.3, 0.4) is 0 Å². The van der Waals surface area contributed by atoms with Crippen LogP contribution >= 0.6 is 7.82 Å². The molecule has 0 fully saturated rings. The molecule has 0 heterocycles. The molecule has 0 radical (unpaired) electrons. The Labute approximate surface area is 74.3 Å². The van der Waals surface area contributed by atoms with Crippen LogP contribution in [0.2, 0.25) is 0 Å². The summed E-state index contributed by atoms with van der Waals surface area (Å²) < 4.78 is 13.1. The van der Waals surface area contributed by atoms with E-state index in [1.165, 1.54) is 0 Å². The van der Waals surface area contributed by atoms with Crippen molar-refractivity contribution in [2.75, 3.05) is 7.11 Å². The summed E-state index contributed by atoms with van der Waals surface area (Å²) in [6.07, 6.45) is 0. The van der Waals surface area contributed by atoms with E-state index in [4.69, 9.17) is 9.79 Å². The Morgan fingerprint density at radius 1 is 1.50 bits per heavy atom. The molecule has 0 aliphatic rings. The predicted octanol–water partition coefficient (Wildman–Crippen LogP) is -0.926. The second kappa shape index (κ2) is 6.54. The normalized spacial score (nSPS) is 8.88. The zero-order chi connectivity index (χ0) is 5.21. The van der Waals surface area contributed by atoms with Crippen molar-refractivity contribution in [1.82, 2.24) is 0 Å². The summed E-state index contributed by atoms with van der Waals surface area (Å²) in [6, 6.07) is 0. The molecule has 4 nitrogen and oxygen atoms in total. The summed E-state index contributed by atoms with van der Waals surface area (Å²) in [4.78, 5) is 15.4. The quantitative estimate of drug-likeness (QED) is 0.392. The molecule has 0 aromatic heterocycles. The Kier molecular flexibility index (Phi) is 13.2. The molecule has 0 amide bonds. The minimum absolute atomic E-state index is 0. The van der Waals surface area contributed by atoms with E-state index in [0.29, 0.717) is 0 Å². The van der Waals surface area contributed by atoms with Gasteiger partial charge in [-0.3, -0.25) is 4.52 Å². The van der Waals surface area contributed by atoms with Gasteiger partial charge in [0.1, 0.15) is 0 Å². The monoisotopic (exact) mass is 168 g/mol. The van der Waals surface area contributed by atoms with Crippen LogP contribution in [-0.2, 0) is 30.8 Å². The fourth-order valence-corrected chi connectivity index (χ4v) is 0. The average Bonchev–Trinajstić information content (AvgIpc) is 1.35. The third-order valence-electron chi connectivity index (χ3n) is 0.238. The fraction of sp³-hybridized carbons (Fsp3) is 1.00. The van der Waals surface area contributed by atoms with Gasteiger partial charge in [-0.2, -0.15) is 0 Å². The van der Waals surface area contributed by atoms with Gasteiger partial charge in [0, 0.05) is 28.8 Å². The first kappa shape index (κ1) is 16.2. The molecule has 0 atom stereocenters. The van der Waals surface area contributed by atoms with Crippen LogP contribution < -0.4 is 0 Å². The Hall–Kier alpha value is 1.42. The molecule has 0 aromatic carbocycles. The molecule has 0 spiro atoms. The Morgan fingerprint density at radius 3 is 1.62 bits per heavy atom. The third kappa shape index (κ3) is 15.7. The minimum atomic E-state index is -4.15. The van der Waals surface area contributed by atoms with Gasteiger partial charge in [0.25, 0.3) is 0 Å². The molecule has 7 heteroatoms. The van der Waals surface area contributed by atoms with Gasteiger partial charge < -0.3 is 9.79 Å². The molecule has 0 saturated heterocycles. The number of hydrogen-bond donors (Lipinski definition) is 2. The van der Waals surface area contributed by atoms with Gasteiger partial charge in [0.15, 0.2) is 0 Å². The van der Waals surface area contributed by atoms with Crippen LogP contribution in [-0.4, -0.2) is 35.8 Å². The van der Waals surface area contributed by atoms with Gasteiger partial charge in [-0.15, -0.1) is 0 Å². The zero-order valence-electron chi connectivity index (χ0n) is 3.66. The number of phosphoric ester groups is 1. The molecule has 2 N–H and O–H groups in total. The first-order valence-corrected chi connectivity index (χ1v) is 2.70. The van der Waals surface area contributed by atoms with Gasteiger partial charge in [0.2, 0.25) is 0 Å². The number of hydrogen-bond acceptors (Lipinski definition) is 2. The smallest absolute Gasteiger partial charge is 0 e. The number of rotatable bonds is 1. The molecule has 0 saturated carbocycles. The van der Waals surface area contributed by atoms with Crippen LogP contribution in [0.1, 0.15) is 0 Å². The van der Waals surface area contributed by atoms with Gasteiger partial charge in [-0.1, -0.05) is 0 Å². The van der Waals surface area contributed by atoms with Crippen molar-refractivity contribution in [3.05, 3.63) is 0 Å². The van der Waals surface area contributed by atoms with Crippen LogP contribution in [0.15, 0.2) is 0 Å². The van der Waals surface area contributed by atoms with Gasteiger partial charge in [-0.25, -0.2) is 4.57 Å². The second-order valence-electron chi connectivity index (χ2n) is 0.673. The maximum absolute atomic E-state index is 9.47. The molecular formula is CH6LiO4PTi. The summed E-state index contributed by atoms with van der Waals surface area (Å²) >= 11 is 0. The third-order valence-corrected chi connectivity index (χ3v) is 0.714. The van der Waals surface area contributed by atoms with E-state index in [1.807, 2.05) is 0 Å². The molecule has 0 aliphatic carbocycles. The topological polar surface area (TPSA) is 66.8 Å². The van der Waals surface area contributed by atoms with Crippen molar-refractivity contribution < 1.29 is 40.6 Å². The predicted molar refractivity (Wildman–Crippen MR) is 26.2 cm³/mol. The van der Waals surface area contributed by atoms with E-state index in [-0.39, 0.29) is 40.6 Å². The Morgan fingerprint density at radius 2 is 1.62 bits per heavy atom. The van der Waals surface area contributed by atoms with Gasteiger partial charge in [-0.05, 0) is 0 Å². The summed E-state index contributed by atoms with van der Waals surface area (Å²) in [6.45, 7) is 0. The van der Waals surface area contributed by atoms with Crippen LogP contribution in [0, 0.1) is 0 Å². The SMILES string of the molecule is COP(=O)(O)O.[LiH].[Ti]. The standard InChI is InChI=1S/CH5O4P.Li.Ti.H/c1-5-6(2,3)4;;;/h1H3,(H2,2,3,4);;;. The van der Waals surface area contributed by atoms with Crippen molar-refractivity contribution in [2.45, 2.75) is 0 Å². The first-order valence-electron chi connectivity index (χ1n) is 1.17. The van der Waals surface area contributed by atoms with E-state index in [0.717, 1.165) is 7.11 Å². The summed E-state index contributed by atoms with van der Waals surface area (Å²) in [7, 11) is -3.20. The van der Waals surface area contributed by atoms with E-state index >= 15 is 0 Å². The maximum atomic E-state index is 9.47. The van der Waals surface area contributed by atoms with Crippen LogP contribution in [0.25, 0.3) is 0 Å². The molecule has 0 rings (SSSR count). The molecular weight excluding hydrogens is 162 g/mol. The van der Waals surface area contributed by atoms with E-state index in [9.17, 15) is 4.57 Å². The molecule has 0 aromatic rings. The van der Waals surface area contributed by atoms with Crippen molar-refractivity contribution in [3.63, 3.8) is 0 Å². The summed E-state index contributed by atoms with van der Waals surface area (Å²) in [5.74, 6) is 0. The van der Waals surface area contributed by atoms with Gasteiger partial charge >= 0.3 is 26.7 Å². The summed E-state index contributed by atoms with van der Waals surface area (Å²) in [5.41, 5.74) is 0. The maximum Gasteiger partial charge on any atom is 0 e. The zero-order valence-corrected chi connectivity index (χ0v) is 6.11. The molecule has 8 heavy (non-hydrogen) atoms. The second-order valence-corrected chi connectivity index (χ2v) is 2.02. The fourth-order valence-electron chi connectivity index (χ4n) is 0. The molecule has 0 unspecified atom stereocenters. The van der Waals surface area contributed by atoms with Crippen LogP contribution in [0.4, 0.5) is 0 Å². The first-order chi connectivity index (χ1) is 2.56. The minimum Gasteiger partial charge on any atom is 0 e. The van der Waals surface area contributed by atoms with Crippen molar-refractivity contribution in [2.24, 2.45) is 0 Å². The summed E-state index contributed by atoms with van der Waals surface area (Å²) in [5, 5.41) is 0. The molecule has 0 aliphatic heterocycles. The number of phosphoric acid groups is 1. The van der Waals surface area contributed by atoms with Gasteiger partial charge in [0.05, 0.1) is 0 Å². The average molecular weight is 168 g/mol. The van der Waals surface area contributed by atoms with E-state index in [2.05, 4.69) is 4.52 Å². The van der Waals surface area contributed by atoms with Crippen molar-refractivity contribution >= 4 is 26.7 Å². The Balaban J connectivity index is -0.000000125.